The number of rotatable bonds is 7. The normalized spacial score (nSPS) is 12.0. The number of hydrogen-bond acceptors (Lipinski definition) is 6. The van der Waals surface area contributed by atoms with Crippen molar-refractivity contribution in [2.24, 2.45) is 5.84 Å². The summed E-state index contributed by atoms with van der Waals surface area (Å²) in [4.78, 5) is 8.75. The number of nitrogens with zero attached hydrogens (tertiary/aromatic N) is 2. The van der Waals surface area contributed by atoms with Crippen molar-refractivity contribution in [1.29, 1.82) is 0 Å². The lowest BCUT2D eigenvalue weighted by molar-refractivity contribution is 0.276. The first-order valence-electron chi connectivity index (χ1n) is 7.03. The van der Waals surface area contributed by atoms with Gasteiger partial charge in [0.15, 0.2) is 0 Å². The third-order valence-electron chi connectivity index (χ3n) is 3.10. The molecule has 21 heavy (non-hydrogen) atoms. The zero-order valence-corrected chi connectivity index (χ0v) is 12.1. The fourth-order valence-electron chi connectivity index (χ4n) is 2.08. The molecule has 0 fully saturated rings. The van der Waals surface area contributed by atoms with Crippen molar-refractivity contribution < 1.29 is 5.11 Å². The van der Waals surface area contributed by atoms with Crippen LogP contribution in [0.15, 0.2) is 36.4 Å². The Labute approximate surface area is 124 Å². The minimum atomic E-state index is -0.221. The summed E-state index contributed by atoms with van der Waals surface area (Å²) in [6.45, 7) is 2.04. The first kappa shape index (κ1) is 15.2. The molecule has 0 saturated carbocycles. The molecule has 0 amide bonds. The van der Waals surface area contributed by atoms with Crippen LogP contribution in [-0.4, -0.2) is 21.7 Å². The second-order valence-corrected chi connectivity index (χ2v) is 4.74. The lowest BCUT2D eigenvalue weighted by Crippen LogP contribution is -2.17. The number of aliphatic hydroxyl groups excluding tert-OH is 1. The van der Waals surface area contributed by atoms with Gasteiger partial charge in [-0.15, -0.1) is 0 Å². The van der Waals surface area contributed by atoms with Gasteiger partial charge in [0.25, 0.3) is 0 Å². The van der Waals surface area contributed by atoms with Crippen molar-refractivity contribution in [2.45, 2.75) is 25.8 Å². The lowest BCUT2D eigenvalue weighted by atomic mass is 10.1. The van der Waals surface area contributed by atoms with Crippen molar-refractivity contribution in [3.63, 3.8) is 0 Å². The minimum absolute atomic E-state index is 0.0253. The summed E-state index contributed by atoms with van der Waals surface area (Å²) < 4.78 is 0. The van der Waals surface area contributed by atoms with Crippen molar-refractivity contribution in [3.05, 3.63) is 47.8 Å². The number of hydrogen-bond donors (Lipinski definition) is 4. The molecule has 2 rings (SSSR count). The van der Waals surface area contributed by atoms with Crippen LogP contribution in [-0.2, 0) is 6.42 Å². The van der Waals surface area contributed by atoms with E-state index < -0.39 is 0 Å². The molecule has 5 N–H and O–H groups in total. The molecule has 2 aromatic rings. The first-order valence-corrected chi connectivity index (χ1v) is 7.03. The zero-order valence-electron chi connectivity index (χ0n) is 12.1. The van der Waals surface area contributed by atoms with Crippen molar-refractivity contribution in [1.82, 2.24) is 9.97 Å². The van der Waals surface area contributed by atoms with Gasteiger partial charge in [-0.05, 0) is 12.0 Å². The summed E-state index contributed by atoms with van der Waals surface area (Å²) in [6.07, 6.45) is 1.73. The zero-order chi connectivity index (χ0) is 15.1. The van der Waals surface area contributed by atoms with E-state index in [4.69, 9.17) is 5.84 Å². The van der Waals surface area contributed by atoms with Crippen LogP contribution in [0.2, 0.25) is 0 Å². The van der Waals surface area contributed by atoms with E-state index in [1.807, 2.05) is 30.3 Å². The smallest absolute Gasteiger partial charge is 0.145 e. The molecular formula is C15H21N5O. The molecule has 0 radical (unpaired) electrons. The van der Waals surface area contributed by atoms with Gasteiger partial charge in [-0.3, -0.25) is 0 Å². The second kappa shape index (κ2) is 7.56. The number of aromatic nitrogens is 2. The standard InChI is InChI=1S/C15H21N5O/c1-2-6-13-18-14(9-15(19-13)20-16)17-12(10-21)11-7-4-3-5-8-11/h3-5,7-9,12,21H,2,6,10,16H2,1H3,(H2,17,18,19,20). The van der Waals surface area contributed by atoms with Gasteiger partial charge in [0.2, 0.25) is 0 Å². The Bertz CT molecular complexity index is 561. The summed E-state index contributed by atoms with van der Waals surface area (Å²) in [5.41, 5.74) is 3.54. The van der Waals surface area contributed by atoms with Crippen LogP contribution in [0, 0.1) is 0 Å². The van der Waals surface area contributed by atoms with Crippen LogP contribution < -0.4 is 16.6 Å². The monoisotopic (exact) mass is 287 g/mol. The molecule has 1 heterocycles. The minimum Gasteiger partial charge on any atom is -0.394 e. The maximum absolute atomic E-state index is 9.59. The summed E-state index contributed by atoms with van der Waals surface area (Å²) in [5.74, 6) is 7.36. The Kier molecular flexibility index (Phi) is 5.48. The van der Waals surface area contributed by atoms with E-state index >= 15 is 0 Å². The van der Waals surface area contributed by atoms with Gasteiger partial charge in [-0.25, -0.2) is 15.8 Å². The van der Waals surface area contributed by atoms with Gasteiger partial charge in [-0.1, -0.05) is 37.3 Å². The Balaban J connectivity index is 2.22. The largest absolute Gasteiger partial charge is 0.394 e. The highest BCUT2D eigenvalue weighted by molar-refractivity contribution is 5.48. The number of benzene rings is 1. The SMILES string of the molecule is CCCc1nc(NN)cc(NC(CO)c2ccccc2)n1. The molecule has 112 valence electrons. The molecule has 0 bridgehead atoms. The fraction of sp³-hybridized carbons (Fsp3) is 0.333. The highest BCUT2D eigenvalue weighted by Crippen LogP contribution is 2.19. The van der Waals surface area contributed by atoms with Gasteiger partial charge in [0, 0.05) is 12.5 Å². The third-order valence-corrected chi connectivity index (χ3v) is 3.10. The van der Waals surface area contributed by atoms with E-state index in [0.29, 0.717) is 11.6 Å². The third kappa shape index (κ3) is 4.14. The number of anilines is 2. The van der Waals surface area contributed by atoms with Crippen LogP contribution >= 0.6 is 0 Å². The average molecular weight is 287 g/mol. The Morgan fingerprint density at radius 2 is 1.90 bits per heavy atom. The van der Waals surface area contributed by atoms with Crippen LogP contribution in [0.25, 0.3) is 0 Å². The van der Waals surface area contributed by atoms with Crippen LogP contribution in [0.5, 0.6) is 0 Å². The molecule has 0 aliphatic carbocycles. The lowest BCUT2D eigenvalue weighted by Gasteiger charge is -2.18. The number of hydrazine groups is 1. The van der Waals surface area contributed by atoms with Gasteiger partial charge >= 0.3 is 0 Å². The maximum Gasteiger partial charge on any atom is 0.145 e. The summed E-state index contributed by atoms with van der Waals surface area (Å²) in [6, 6.07) is 11.3. The number of nitrogen functional groups attached to an aromatic ring is 1. The van der Waals surface area contributed by atoms with Crippen LogP contribution in [0.1, 0.15) is 30.8 Å². The van der Waals surface area contributed by atoms with Crippen molar-refractivity contribution in [2.75, 3.05) is 17.3 Å². The Hall–Kier alpha value is -2.18. The number of nitrogens with one attached hydrogen (secondary N) is 2. The van der Waals surface area contributed by atoms with Gasteiger partial charge in [-0.2, -0.15) is 0 Å². The molecule has 0 aliphatic heterocycles. The van der Waals surface area contributed by atoms with E-state index in [-0.39, 0.29) is 12.6 Å². The summed E-state index contributed by atoms with van der Waals surface area (Å²) >= 11 is 0. The molecule has 6 nitrogen and oxygen atoms in total. The van der Waals surface area contributed by atoms with Crippen LogP contribution in [0.3, 0.4) is 0 Å². The second-order valence-electron chi connectivity index (χ2n) is 4.74. The molecule has 6 heteroatoms. The molecule has 0 aliphatic rings. The van der Waals surface area contributed by atoms with Crippen molar-refractivity contribution in [3.8, 4) is 0 Å². The predicted octanol–water partition coefficient (Wildman–Crippen LogP) is 1.86. The Morgan fingerprint density at radius 3 is 2.52 bits per heavy atom. The van der Waals surface area contributed by atoms with Gasteiger partial charge < -0.3 is 15.8 Å². The van der Waals surface area contributed by atoms with E-state index in [1.54, 1.807) is 6.07 Å². The topological polar surface area (TPSA) is 96.1 Å². The highest BCUT2D eigenvalue weighted by Gasteiger charge is 2.12. The average Bonchev–Trinajstić information content (AvgIpc) is 2.53. The van der Waals surface area contributed by atoms with Crippen molar-refractivity contribution >= 4 is 11.6 Å². The first-order chi connectivity index (χ1) is 10.3. The molecule has 0 saturated heterocycles. The molecular weight excluding hydrogens is 266 g/mol. The molecule has 1 atom stereocenters. The molecule has 1 aromatic carbocycles. The fourth-order valence-corrected chi connectivity index (χ4v) is 2.08. The van der Waals surface area contributed by atoms with E-state index in [9.17, 15) is 5.11 Å². The maximum atomic E-state index is 9.59. The van der Waals surface area contributed by atoms with Crippen LogP contribution in [0.4, 0.5) is 11.6 Å². The number of aryl methyl sites for hydroxylation is 1. The summed E-state index contributed by atoms with van der Waals surface area (Å²) in [5, 5.41) is 12.8. The molecule has 1 unspecified atom stereocenters. The van der Waals surface area contributed by atoms with Gasteiger partial charge in [0.05, 0.1) is 12.6 Å². The predicted molar refractivity (Wildman–Crippen MR) is 83.7 cm³/mol. The van der Waals surface area contributed by atoms with E-state index in [1.165, 1.54) is 0 Å². The number of nitrogens with two attached hydrogens (primary N) is 1. The number of aliphatic hydroxyl groups is 1. The van der Waals surface area contributed by atoms with Gasteiger partial charge in [0.1, 0.15) is 17.5 Å². The van der Waals surface area contributed by atoms with E-state index in [0.717, 1.165) is 24.2 Å². The van der Waals surface area contributed by atoms with E-state index in [2.05, 4.69) is 27.6 Å². The highest BCUT2D eigenvalue weighted by atomic mass is 16.3. The molecule has 1 aromatic heterocycles. The molecule has 0 spiro atoms. The summed E-state index contributed by atoms with van der Waals surface area (Å²) in [7, 11) is 0. The Morgan fingerprint density at radius 1 is 1.19 bits per heavy atom. The quantitative estimate of drug-likeness (QED) is 0.458.